The van der Waals surface area contributed by atoms with Gasteiger partial charge in [-0.05, 0) is 43.7 Å². The summed E-state index contributed by atoms with van der Waals surface area (Å²) in [5.41, 5.74) is 3.36. The van der Waals surface area contributed by atoms with Gasteiger partial charge in [-0.2, -0.15) is 4.98 Å². The summed E-state index contributed by atoms with van der Waals surface area (Å²) in [6, 6.07) is 11.3. The fourth-order valence-electron chi connectivity index (χ4n) is 4.60. The molecule has 0 spiro atoms. The van der Waals surface area contributed by atoms with Crippen molar-refractivity contribution in [1.29, 1.82) is 0 Å². The summed E-state index contributed by atoms with van der Waals surface area (Å²) in [6.07, 6.45) is 5.20. The van der Waals surface area contributed by atoms with Crippen molar-refractivity contribution in [3.8, 4) is 12.3 Å². The van der Waals surface area contributed by atoms with Gasteiger partial charge in [-0.3, -0.25) is 14.5 Å². The number of aromatic amines is 1. The highest BCUT2D eigenvalue weighted by atomic mass is 32.2. The third-order valence-corrected chi connectivity index (χ3v) is 8.00. The number of H-pyrrole nitrogens is 1. The van der Waals surface area contributed by atoms with Crippen molar-refractivity contribution in [2.24, 2.45) is 0 Å². The molecule has 2 N–H and O–H groups in total. The van der Waals surface area contributed by atoms with Crippen LogP contribution in [0.4, 0.5) is 5.69 Å². The lowest BCUT2D eigenvalue weighted by Crippen LogP contribution is -2.49. The second-order valence-electron chi connectivity index (χ2n) is 9.08. The molecule has 0 saturated carbocycles. The van der Waals surface area contributed by atoms with Gasteiger partial charge >= 0.3 is 0 Å². The first-order valence-electron chi connectivity index (χ1n) is 11.9. The number of aryl methyl sites for hydroxylation is 2. The summed E-state index contributed by atoms with van der Waals surface area (Å²) < 4.78 is 15.0. The van der Waals surface area contributed by atoms with Gasteiger partial charge in [0.05, 0.1) is 24.0 Å². The number of piperazine rings is 1. The number of aromatic nitrogens is 4. The number of terminal acetylenes is 1. The van der Waals surface area contributed by atoms with E-state index < -0.39 is 16.4 Å². The van der Waals surface area contributed by atoms with Gasteiger partial charge in [0.25, 0.3) is 5.56 Å². The summed E-state index contributed by atoms with van der Waals surface area (Å²) in [4.78, 5) is 34.0. The third-order valence-electron chi connectivity index (χ3n) is 6.51. The van der Waals surface area contributed by atoms with Crippen molar-refractivity contribution >= 4 is 38.9 Å². The van der Waals surface area contributed by atoms with Crippen LogP contribution in [0.5, 0.6) is 0 Å². The molecule has 0 bridgehead atoms. The van der Waals surface area contributed by atoms with Gasteiger partial charge in [0.15, 0.2) is 10.7 Å². The van der Waals surface area contributed by atoms with Crippen LogP contribution in [0.15, 0.2) is 51.1 Å². The smallest absolute Gasteiger partial charge is 0.281 e. The second-order valence-corrected chi connectivity index (χ2v) is 10.4. The summed E-state index contributed by atoms with van der Waals surface area (Å²) in [7, 11) is -1.61. The van der Waals surface area contributed by atoms with Crippen LogP contribution in [0, 0.1) is 26.2 Å². The normalized spacial score (nSPS) is 15.1. The van der Waals surface area contributed by atoms with E-state index in [1.54, 1.807) is 10.6 Å². The molecule has 0 radical (unpaired) electrons. The van der Waals surface area contributed by atoms with Crippen LogP contribution in [0.2, 0.25) is 0 Å². The summed E-state index contributed by atoms with van der Waals surface area (Å²) in [5, 5.41) is 10.5. The van der Waals surface area contributed by atoms with E-state index in [4.69, 9.17) is 6.42 Å². The Morgan fingerprint density at radius 3 is 2.68 bits per heavy atom. The largest absolute Gasteiger partial charge is 0.369 e. The number of carbonyl (C=O) groups excluding carboxylic acids is 1. The Morgan fingerprint density at radius 1 is 1.16 bits per heavy atom. The van der Waals surface area contributed by atoms with Crippen LogP contribution in [-0.2, 0) is 15.6 Å². The topological polar surface area (TPSA) is 116 Å². The summed E-state index contributed by atoms with van der Waals surface area (Å²) in [5.74, 6) is 2.32. The van der Waals surface area contributed by atoms with Crippen LogP contribution in [0.25, 0.3) is 16.6 Å². The molecule has 2 aromatic heterocycles. The number of anilines is 1. The van der Waals surface area contributed by atoms with E-state index in [9.17, 15) is 13.8 Å². The van der Waals surface area contributed by atoms with Gasteiger partial charge in [-0.15, -0.1) is 11.5 Å². The van der Waals surface area contributed by atoms with Gasteiger partial charge in [0.1, 0.15) is 10.8 Å². The number of hydrogen-bond donors (Lipinski definition) is 2. The average molecular weight is 518 g/mol. The molecule has 2 aromatic carbocycles. The van der Waals surface area contributed by atoms with E-state index in [1.165, 1.54) is 0 Å². The molecular weight excluding hydrogens is 490 g/mol. The molecule has 10 nitrogen and oxygen atoms in total. The molecule has 1 aliphatic heterocycles. The van der Waals surface area contributed by atoms with E-state index in [2.05, 4.69) is 36.3 Å². The SMILES string of the molecule is C#CCNC(=O)CN1CCN(c2ccc3c(=O)nc4c(S(=O)c5ccc(C)cc5C)n[nH]n4c3c2)CC1. The monoisotopic (exact) mass is 517 g/mol. The van der Waals surface area contributed by atoms with E-state index in [1.807, 2.05) is 44.2 Å². The van der Waals surface area contributed by atoms with Crippen LogP contribution >= 0.6 is 0 Å². The highest BCUT2D eigenvalue weighted by Crippen LogP contribution is 2.25. The first-order valence-corrected chi connectivity index (χ1v) is 13.1. The average Bonchev–Trinajstić information content (AvgIpc) is 3.31. The zero-order chi connectivity index (χ0) is 26.1. The molecule has 190 valence electrons. The van der Waals surface area contributed by atoms with Crippen LogP contribution in [0.1, 0.15) is 11.1 Å². The van der Waals surface area contributed by atoms with Crippen LogP contribution < -0.4 is 15.8 Å². The number of rotatable bonds is 6. The molecule has 11 heteroatoms. The molecule has 1 atom stereocenters. The molecular formula is C26H27N7O3S. The number of carbonyl (C=O) groups is 1. The fraction of sp³-hybridized carbons (Fsp3) is 0.308. The first-order chi connectivity index (χ1) is 17.9. The Balaban J connectivity index is 1.43. The zero-order valence-corrected chi connectivity index (χ0v) is 21.5. The fourth-order valence-corrected chi connectivity index (χ4v) is 5.78. The molecule has 5 rings (SSSR count). The quantitative estimate of drug-likeness (QED) is 0.370. The van der Waals surface area contributed by atoms with E-state index >= 15 is 0 Å². The number of benzene rings is 2. The van der Waals surface area contributed by atoms with Crippen molar-refractivity contribution in [3.63, 3.8) is 0 Å². The lowest BCUT2D eigenvalue weighted by molar-refractivity contribution is -0.122. The van der Waals surface area contributed by atoms with Crippen LogP contribution in [-0.4, -0.2) is 74.1 Å². The number of amides is 1. The Bertz CT molecular complexity index is 1630. The van der Waals surface area contributed by atoms with E-state index in [0.717, 1.165) is 43.0 Å². The van der Waals surface area contributed by atoms with Crippen molar-refractivity contribution in [2.75, 3.05) is 44.2 Å². The van der Waals surface area contributed by atoms with Crippen molar-refractivity contribution < 1.29 is 9.00 Å². The van der Waals surface area contributed by atoms with Gasteiger partial charge in [-0.25, -0.2) is 13.9 Å². The number of nitrogens with one attached hydrogen (secondary N) is 2. The molecule has 37 heavy (non-hydrogen) atoms. The Hall–Kier alpha value is -4.01. The highest BCUT2D eigenvalue weighted by molar-refractivity contribution is 7.85. The van der Waals surface area contributed by atoms with Crippen LogP contribution in [0.3, 0.4) is 0 Å². The molecule has 4 aromatic rings. The second kappa shape index (κ2) is 10.2. The Labute approximate surface area is 216 Å². The van der Waals surface area contributed by atoms with E-state index in [-0.39, 0.29) is 23.1 Å². The lowest BCUT2D eigenvalue weighted by atomic mass is 10.2. The number of hydrogen-bond acceptors (Lipinski definition) is 7. The third kappa shape index (κ3) is 4.85. The minimum atomic E-state index is -1.61. The predicted octanol–water partition coefficient (Wildman–Crippen LogP) is 1.23. The maximum absolute atomic E-state index is 13.4. The number of fused-ring (bicyclic) bond motifs is 3. The zero-order valence-electron chi connectivity index (χ0n) is 20.7. The number of nitrogens with zero attached hydrogens (tertiary/aromatic N) is 5. The predicted molar refractivity (Wildman–Crippen MR) is 142 cm³/mol. The molecule has 1 saturated heterocycles. The maximum atomic E-state index is 13.4. The van der Waals surface area contributed by atoms with Crippen molar-refractivity contribution in [1.82, 2.24) is 30.0 Å². The highest BCUT2D eigenvalue weighted by Gasteiger charge is 2.22. The Kier molecular flexibility index (Phi) is 6.78. The molecule has 1 amide bonds. The molecule has 3 heterocycles. The minimum absolute atomic E-state index is 0.0837. The lowest BCUT2D eigenvalue weighted by Gasteiger charge is -2.35. The van der Waals surface area contributed by atoms with Gasteiger partial charge in [0, 0.05) is 36.8 Å². The van der Waals surface area contributed by atoms with Gasteiger partial charge < -0.3 is 10.2 Å². The van der Waals surface area contributed by atoms with Gasteiger partial charge in [-0.1, -0.05) is 23.6 Å². The summed E-state index contributed by atoms with van der Waals surface area (Å²) >= 11 is 0. The van der Waals surface area contributed by atoms with Crippen molar-refractivity contribution in [3.05, 3.63) is 57.9 Å². The Morgan fingerprint density at radius 2 is 1.95 bits per heavy atom. The standard InChI is InChI=1S/C26H27N7O3S/c1-4-9-27-23(34)16-31-10-12-32(13-11-31)19-6-7-20-21(15-19)33-24(28-25(20)35)26(29-30-33)37(36)22-8-5-17(2)14-18(22)3/h1,5-8,14-15,30H,9-13,16H2,2-3H3,(H,27,34). The van der Waals surface area contributed by atoms with Crippen molar-refractivity contribution in [2.45, 2.75) is 23.8 Å². The minimum Gasteiger partial charge on any atom is -0.369 e. The maximum Gasteiger partial charge on any atom is 0.281 e. The van der Waals surface area contributed by atoms with Gasteiger partial charge in [0.2, 0.25) is 5.91 Å². The first kappa shape index (κ1) is 24.7. The molecule has 1 unspecified atom stereocenters. The molecule has 1 fully saturated rings. The summed E-state index contributed by atoms with van der Waals surface area (Å²) in [6.45, 7) is 7.30. The van der Waals surface area contributed by atoms with E-state index in [0.29, 0.717) is 22.3 Å². The molecule has 1 aliphatic rings. The molecule has 0 aliphatic carbocycles.